The van der Waals surface area contributed by atoms with Crippen LogP contribution in [0.25, 0.3) is 11.3 Å². The maximum absolute atomic E-state index is 11.4. The molecule has 0 atom stereocenters. The predicted octanol–water partition coefficient (Wildman–Crippen LogP) is 0.701. The molecule has 3 rings (SSSR count). The molecular weight excluding hydrogens is 244 g/mol. The van der Waals surface area contributed by atoms with E-state index in [1.807, 2.05) is 12.3 Å². The van der Waals surface area contributed by atoms with Gasteiger partial charge in [0.1, 0.15) is 5.69 Å². The first-order valence-corrected chi connectivity index (χ1v) is 6.18. The molecule has 1 aliphatic rings. The summed E-state index contributed by atoms with van der Waals surface area (Å²) in [4.78, 5) is 15.5. The highest BCUT2D eigenvalue weighted by atomic mass is 16.4. The third-order valence-electron chi connectivity index (χ3n) is 3.40. The Labute approximate surface area is 109 Å². The first-order chi connectivity index (χ1) is 9.22. The predicted molar refractivity (Wildman–Crippen MR) is 68.9 cm³/mol. The van der Waals surface area contributed by atoms with Crippen molar-refractivity contribution in [1.82, 2.24) is 14.8 Å². The maximum Gasteiger partial charge on any atom is 0.354 e. The Bertz CT molecular complexity index is 648. The first-order valence-electron chi connectivity index (χ1n) is 6.18. The summed E-state index contributed by atoms with van der Waals surface area (Å²) in [5.41, 5.74) is 9.45. The zero-order valence-electron chi connectivity index (χ0n) is 10.3. The molecule has 0 saturated heterocycles. The van der Waals surface area contributed by atoms with E-state index in [4.69, 9.17) is 5.73 Å². The zero-order valence-corrected chi connectivity index (χ0v) is 10.3. The molecule has 19 heavy (non-hydrogen) atoms. The van der Waals surface area contributed by atoms with Gasteiger partial charge in [-0.05, 0) is 24.5 Å². The van der Waals surface area contributed by atoms with Gasteiger partial charge in [-0.3, -0.25) is 9.67 Å². The van der Waals surface area contributed by atoms with Crippen LogP contribution in [0.5, 0.6) is 0 Å². The minimum atomic E-state index is -0.945. The number of fused-ring (bicyclic) bond motifs is 3. The minimum absolute atomic E-state index is 0.267. The molecule has 1 aliphatic carbocycles. The number of aryl methyl sites for hydroxylation is 1. The summed E-state index contributed by atoms with van der Waals surface area (Å²) in [5.74, 6) is -0.945. The van der Waals surface area contributed by atoms with Crippen molar-refractivity contribution in [3.05, 3.63) is 35.3 Å². The lowest BCUT2D eigenvalue weighted by atomic mass is 9.90. The van der Waals surface area contributed by atoms with Gasteiger partial charge in [-0.1, -0.05) is 0 Å². The molecule has 2 heterocycles. The monoisotopic (exact) mass is 258 g/mol. The zero-order chi connectivity index (χ0) is 13.4. The van der Waals surface area contributed by atoms with Crippen molar-refractivity contribution in [2.45, 2.75) is 19.4 Å². The first kappa shape index (κ1) is 11.9. The van der Waals surface area contributed by atoms with Gasteiger partial charge in [0.25, 0.3) is 0 Å². The van der Waals surface area contributed by atoms with E-state index in [2.05, 4.69) is 10.1 Å². The van der Waals surface area contributed by atoms with Crippen molar-refractivity contribution in [3.8, 4) is 11.3 Å². The standard InChI is InChI=1S/C13H14N4O2/c14-4-6-17-12(13(18)19)10-2-1-8-7-15-5-3-9(8)11(10)16-17/h3,5,7H,1-2,4,6,14H2,(H,18,19). The van der Waals surface area contributed by atoms with E-state index < -0.39 is 5.97 Å². The third kappa shape index (κ3) is 1.80. The molecule has 0 saturated carbocycles. The number of hydrogen-bond donors (Lipinski definition) is 2. The van der Waals surface area contributed by atoms with Gasteiger partial charge in [0, 0.05) is 30.1 Å². The summed E-state index contributed by atoms with van der Waals surface area (Å²) in [6.07, 6.45) is 5.00. The molecule has 0 bridgehead atoms. The highest BCUT2D eigenvalue weighted by molar-refractivity contribution is 5.90. The van der Waals surface area contributed by atoms with E-state index in [9.17, 15) is 9.90 Å². The van der Waals surface area contributed by atoms with Crippen molar-refractivity contribution in [2.24, 2.45) is 5.73 Å². The lowest BCUT2D eigenvalue weighted by Crippen LogP contribution is -2.17. The fraction of sp³-hybridized carbons (Fsp3) is 0.308. The van der Waals surface area contributed by atoms with Gasteiger partial charge in [-0.25, -0.2) is 4.79 Å². The Morgan fingerprint density at radius 2 is 2.32 bits per heavy atom. The Morgan fingerprint density at radius 3 is 3.05 bits per heavy atom. The molecule has 0 amide bonds. The molecule has 2 aromatic heterocycles. The summed E-state index contributed by atoms with van der Waals surface area (Å²) in [7, 11) is 0. The number of hydrogen-bond acceptors (Lipinski definition) is 4. The Balaban J connectivity index is 2.21. The number of carbonyl (C=O) groups is 1. The average molecular weight is 258 g/mol. The highest BCUT2D eigenvalue weighted by Crippen LogP contribution is 2.33. The summed E-state index contributed by atoms with van der Waals surface area (Å²) in [6.45, 7) is 0.777. The normalized spacial score (nSPS) is 12.9. The Morgan fingerprint density at radius 1 is 1.47 bits per heavy atom. The molecule has 0 fully saturated rings. The van der Waals surface area contributed by atoms with Gasteiger partial charge in [0.05, 0.1) is 12.2 Å². The van der Waals surface area contributed by atoms with Crippen LogP contribution >= 0.6 is 0 Å². The molecule has 0 unspecified atom stereocenters. The number of rotatable bonds is 3. The van der Waals surface area contributed by atoms with Gasteiger partial charge in [-0.2, -0.15) is 5.10 Å². The molecule has 6 nitrogen and oxygen atoms in total. The number of nitrogens with zero attached hydrogens (tertiary/aromatic N) is 3. The second kappa shape index (κ2) is 4.47. The number of carboxylic acids is 1. The van der Waals surface area contributed by atoms with Crippen LogP contribution < -0.4 is 5.73 Å². The van der Waals surface area contributed by atoms with Crippen LogP contribution in [-0.2, 0) is 19.4 Å². The van der Waals surface area contributed by atoms with Crippen LogP contribution in [0.3, 0.4) is 0 Å². The number of pyridine rings is 1. The summed E-state index contributed by atoms with van der Waals surface area (Å²) in [5, 5.41) is 13.8. The molecule has 0 aromatic carbocycles. The second-order valence-corrected chi connectivity index (χ2v) is 4.53. The summed E-state index contributed by atoms with van der Waals surface area (Å²) >= 11 is 0. The number of aromatic carboxylic acids is 1. The van der Waals surface area contributed by atoms with Crippen LogP contribution in [0.4, 0.5) is 0 Å². The van der Waals surface area contributed by atoms with Gasteiger partial charge >= 0.3 is 5.97 Å². The lowest BCUT2D eigenvalue weighted by Gasteiger charge is -2.14. The largest absolute Gasteiger partial charge is 0.477 e. The Kier molecular flexibility index (Phi) is 2.79. The average Bonchev–Trinajstić information content (AvgIpc) is 2.77. The number of carboxylic acid groups (broad SMARTS) is 1. The molecule has 2 aromatic rings. The summed E-state index contributed by atoms with van der Waals surface area (Å²) < 4.78 is 1.50. The second-order valence-electron chi connectivity index (χ2n) is 4.53. The van der Waals surface area contributed by atoms with Crippen molar-refractivity contribution in [3.63, 3.8) is 0 Å². The molecule has 3 N–H and O–H groups in total. The van der Waals surface area contributed by atoms with Gasteiger partial charge < -0.3 is 10.8 Å². The van der Waals surface area contributed by atoms with Crippen LogP contribution in [0, 0.1) is 0 Å². The third-order valence-corrected chi connectivity index (χ3v) is 3.40. The quantitative estimate of drug-likeness (QED) is 0.845. The minimum Gasteiger partial charge on any atom is -0.477 e. The van der Waals surface area contributed by atoms with Gasteiger partial charge in [-0.15, -0.1) is 0 Å². The Hall–Kier alpha value is -2.21. The molecule has 98 valence electrons. The smallest absolute Gasteiger partial charge is 0.354 e. The van der Waals surface area contributed by atoms with Crippen LogP contribution in [0.1, 0.15) is 21.6 Å². The van der Waals surface area contributed by atoms with Crippen molar-refractivity contribution < 1.29 is 9.90 Å². The van der Waals surface area contributed by atoms with Crippen molar-refractivity contribution in [1.29, 1.82) is 0 Å². The lowest BCUT2D eigenvalue weighted by molar-refractivity contribution is 0.0682. The van der Waals surface area contributed by atoms with E-state index in [-0.39, 0.29) is 5.69 Å². The summed E-state index contributed by atoms with van der Waals surface area (Å²) in [6, 6.07) is 1.89. The van der Waals surface area contributed by atoms with Crippen LogP contribution in [0.15, 0.2) is 18.5 Å². The molecule has 6 heteroatoms. The number of aromatic nitrogens is 3. The molecular formula is C13H14N4O2. The van der Waals surface area contributed by atoms with Crippen molar-refractivity contribution >= 4 is 5.97 Å². The topological polar surface area (TPSA) is 94.0 Å². The fourth-order valence-electron chi connectivity index (χ4n) is 2.59. The van der Waals surface area contributed by atoms with Crippen LogP contribution in [-0.4, -0.2) is 32.4 Å². The van der Waals surface area contributed by atoms with Gasteiger partial charge in [0.15, 0.2) is 0 Å². The fourth-order valence-corrected chi connectivity index (χ4v) is 2.59. The maximum atomic E-state index is 11.4. The number of nitrogens with two attached hydrogens (primary N) is 1. The van der Waals surface area contributed by atoms with Gasteiger partial charge in [0.2, 0.25) is 0 Å². The molecule has 0 aliphatic heterocycles. The van der Waals surface area contributed by atoms with Crippen molar-refractivity contribution in [2.75, 3.05) is 6.54 Å². The van der Waals surface area contributed by atoms with E-state index in [0.717, 1.165) is 28.8 Å². The van der Waals surface area contributed by atoms with Crippen LogP contribution in [0.2, 0.25) is 0 Å². The van der Waals surface area contributed by atoms with E-state index in [0.29, 0.717) is 19.5 Å². The highest BCUT2D eigenvalue weighted by Gasteiger charge is 2.27. The molecule has 0 radical (unpaired) electrons. The SMILES string of the molecule is NCCn1nc2c(c1C(=O)O)CCc1cnccc1-2. The molecule has 0 spiro atoms. The van der Waals surface area contributed by atoms with E-state index in [1.165, 1.54) is 4.68 Å². The van der Waals surface area contributed by atoms with E-state index >= 15 is 0 Å². The van der Waals surface area contributed by atoms with E-state index in [1.54, 1.807) is 6.20 Å².